The zero-order valence-corrected chi connectivity index (χ0v) is 18.9. The molecule has 0 saturated heterocycles. The first kappa shape index (κ1) is 20.7. The Kier molecular flexibility index (Phi) is 5.45. The molecule has 0 aliphatic carbocycles. The molecule has 1 aliphatic heterocycles. The molecule has 32 heavy (non-hydrogen) atoms. The Balaban J connectivity index is 1.61. The van der Waals surface area contributed by atoms with E-state index in [1.165, 1.54) is 6.20 Å². The molecule has 160 valence electrons. The molecule has 5 rings (SSSR count). The third-order valence-corrected chi connectivity index (χ3v) is 7.16. The summed E-state index contributed by atoms with van der Waals surface area (Å²) in [6.07, 6.45) is 3.83. The molecule has 8 heteroatoms. The van der Waals surface area contributed by atoms with Crippen LogP contribution in [0.3, 0.4) is 0 Å². The Morgan fingerprint density at radius 1 is 1.09 bits per heavy atom. The third-order valence-electron chi connectivity index (χ3n) is 5.47. The van der Waals surface area contributed by atoms with Gasteiger partial charge in [-0.25, -0.2) is 4.98 Å². The third kappa shape index (κ3) is 3.89. The van der Waals surface area contributed by atoms with Crippen LogP contribution in [0.2, 0.25) is 5.15 Å². The number of hydrogen-bond donors (Lipinski definition) is 0. The van der Waals surface area contributed by atoms with Crippen LogP contribution in [0.4, 0.5) is 5.69 Å². The average molecular weight is 463 g/mol. The summed E-state index contributed by atoms with van der Waals surface area (Å²) in [5.41, 5.74) is 5.24. The molecule has 2 aromatic carbocycles. The summed E-state index contributed by atoms with van der Waals surface area (Å²) in [6, 6.07) is 15.0. The maximum absolute atomic E-state index is 13.6. The number of nitrogens with zero attached hydrogens (tertiary/aromatic N) is 4. The van der Waals surface area contributed by atoms with Gasteiger partial charge in [-0.3, -0.25) is 19.0 Å². The van der Waals surface area contributed by atoms with Crippen molar-refractivity contribution in [2.45, 2.75) is 24.8 Å². The van der Waals surface area contributed by atoms with Crippen LogP contribution in [0.1, 0.15) is 27.2 Å². The van der Waals surface area contributed by atoms with Gasteiger partial charge in [0.1, 0.15) is 5.15 Å². The molecule has 4 aromatic rings. The number of rotatable bonds is 4. The van der Waals surface area contributed by atoms with Crippen LogP contribution in [0.5, 0.6) is 0 Å². The van der Waals surface area contributed by atoms with E-state index in [-0.39, 0.29) is 12.5 Å². The minimum Gasteiger partial charge on any atom is -0.303 e. The molecule has 1 atom stereocenters. The van der Waals surface area contributed by atoms with Gasteiger partial charge in [0, 0.05) is 17.6 Å². The molecular weight excluding hydrogens is 444 g/mol. The first-order chi connectivity index (χ1) is 15.5. The fourth-order valence-electron chi connectivity index (χ4n) is 3.88. The molecule has 1 unspecified atom stereocenters. The lowest BCUT2D eigenvalue weighted by atomic mass is 10.1. The topological polar surface area (TPSA) is 76.1 Å². The molecule has 1 aliphatic rings. The summed E-state index contributed by atoms with van der Waals surface area (Å²) in [5.74, 6) is 0.372. The maximum Gasteiger partial charge on any atom is 0.260 e. The van der Waals surface area contributed by atoms with Crippen LogP contribution in [0.15, 0.2) is 65.8 Å². The summed E-state index contributed by atoms with van der Waals surface area (Å²) >= 11 is 6.02. The van der Waals surface area contributed by atoms with Gasteiger partial charge in [-0.1, -0.05) is 29.8 Å². The lowest BCUT2D eigenvalue weighted by molar-refractivity contribution is 0.0984. The Labute approximate surface area is 192 Å². The van der Waals surface area contributed by atoms with Crippen molar-refractivity contribution in [3.63, 3.8) is 0 Å². The van der Waals surface area contributed by atoms with E-state index in [2.05, 4.69) is 15.0 Å². The van der Waals surface area contributed by atoms with Crippen molar-refractivity contribution in [2.24, 2.45) is 0 Å². The second-order valence-electron chi connectivity index (χ2n) is 7.66. The average Bonchev–Trinajstić information content (AvgIpc) is 3.18. The normalized spacial score (nSPS) is 15.0. The van der Waals surface area contributed by atoms with Crippen LogP contribution in [0, 0.1) is 6.92 Å². The SMILES string of the molecule is Cc1ccc(C(=O)N(Cc2ccc3ncc(Cl)nc3c2)c2cccc3c2S(=O)CC3)cn1. The van der Waals surface area contributed by atoms with E-state index in [4.69, 9.17) is 11.6 Å². The minimum atomic E-state index is -1.14. The molecular formula is C24H19ClN4O2S. The van der Waals surface area contributed by atoms with Crippen molar-refractivity contribution in [1.82, 2.24) is 15.0 Å². The molecule has 0 radical (unpaired) electrons. The van der Waals surface area contributed by atoms with Gasteiger partial charge in [0.25, 0.3) is 5.91 Å². The predicted octanol–water partition coefficient (Wildman–Crippen LogP) is 4.50. The molecule has 3 heterocycles. The Morgan fingerprint density at radius 3 is 2.78 bits per heavy atom. The number of aryl methyl sites for hydroxylation is 2. The Morgan fingerprint density at radius 2 is 1.97 bits per heavy atom. The van der Waals surface area contributed by atoms with Gasteiger partial charge in [0.05, 0.1) is 50.7 Å². The van der Waals surface area contributed by atoms with E-state index in [0.717, 1.165) is 33.7 Å². The number of fused-ring (bicyclic) bond motifs is 2. The highest BCUT2D eigenvalue weighted by Gasteiger charge is 2.28. The quantitative estimate of drug-likeness (QED) is 0.446. The fourth-order valence-corrected chi connectivity index (χ4v) is 5.50. The van der Waals surface area contributed by atoms with Crippen molar-refractivity contribution in [3.8, 4) is 0 Å². The number of halogens is 1. The molecule has 1 amide bonds. The smallest absolute Gasteiger partial charge is 0.260 e. The number of carbonyl (C=O) groups excluding carboxylic acids is 1. The number of benzene rings is 2. The van der Waals surface area contributed by atoms with Crippen molar-refractivity contribution in [1.29, 1.82) is 0 Å². The highest BCUT2D eigenvalue weighted by molar-refractivity contribution is 7.85. The first-order valence-electron chi connectivity index (χ1n) is 10.2. The van der Waals surface area contributed by atoms with Gasteiger partial charge in [-0.2, -0.15) is 0 Å². The number of pyridine rings is 1. The number of amides is 1. The van der Waals surface area contributed by atoms with Gasteiger partial charge in [0.15, 0.2) is 0 Å². The summed E-state index contributed by atoms with van der Waals surface area (Å²) in [4.78, 5) is 28.9. The molecule has 6 nitrogen and oxygen atoms in total. The minimum absolute atomic E-state index is 0.202. The van der Waals surface area contributed by atoms with Gasteiger partial charge >= 0.3 is 0 Å². The van der Waals surface area contributed by atoms with Crippen LogP contribution >= 0.6 is 11.6 Å². The van der Waals surface area contributed by atoms with Gasteiger partial charge < -0.3 is 4.90 Å². The van der Waals surface area contributed by atoms with E-state index < -0.39 is 10.8 Å². The molecule has 0 saturated carbocycles. The zero-order chi connectivity index (χ0) is 22.2. The van der Waals surface area contributed by atoms with Crippen LogP contribution < -0.4 is 4.90 Å². The Bertz CT molecular complexity index is 1370. The number of carbonyl (C=O) groups is 1. The summed E-state index contributed by atoms with van der Waals surface area (Å²) in [5, 5.41) is 0.310. The van der Waals surface area contributed by atoms with Crippen LogP contribution in [0.25, 0.3) is 11.0 Å². The van der Waals surface area contributed by atoms with E-state index >= 15 is 0 Å². The van der Waals surface area contributed by atoms with Gasteiger partial charge in [-0.15, -0.1) is 0 Å². The van der Waals surface area contributed by atoms with Crippen molar-refractivity contribution < 1.29 is 9.00 Å². The Hall–Kier alpha value is -3.16. The zero-order valence-electron chi connectivity index (χ0n) is 17.3. The maximum atomic E-state index is 13.6. The standard InChI is InChI=1S/C24H19ClN4O2S/c1-15-5-7-18(12-26-15)24(30)29(21-4-2-3-17-9-10-32(31)23(17)21)14-16-6-8-19-20(11-16)28-22(25)13-27-19/h2-8,11-13H,9-10,14H2,1H3. The van der Waals surface area contributed by atoms with Gasteiger partial charge in [0.2, 0.25) is 0 Å². The lowest BCUT2D eigenvalue weighted by Crippen LogP contribution is -2.31. The molecule has 0 spiro atoms. The highest BCUT2D eigenvalue weighted by Crippen LogP contribution is 2.34. The largest absolute Gasteiger partial charge is 0.303 e. The van der Waals surface area contributed by atoms with Crippen molar-refractivity contribution >= 4 is 45.0 Å². The fraction of sp³-hybridized carbons (Fsp3) is 0.167. The van der Waals surface area contributed by atoms with Crippen molar-refractivity contribution in [3.05, 3.63) is 88.5 Å². The predicted molar refractivity (Wildman–Crippen MR) is 125 cm³/mol. The lowest BCUT2D eigenvalue weighted by Gasteiger charge is -2.25. The monoisotopic (exact) mass is 462 g/mol. The van der Waals surface area contributed by atoms with Crippen LogP contribution in [-0.4, -0.2) is 30.8 Å². The van der Waals surface area contributed by atoms with E-state index in [1.54, 1.807) is 17.2 Å². The number of anilines is 1. The molecule has 2 aromatic heterocycles. The second kappa shape index (κ2) is 8.41. The second-order valence-corrected chi connectivity index (χ2v) is 9.56. The summed E-state index contributed by atoms with van der Waals surface area (Å²) in [6.45, 7) is 2.16. The van der Waals surface area contributed by atoms with E-state index in [0.29, 0.717) is 27.7 Å². The van der Waals surface area contributed by atoms with E-state index in [9.17, 15) is 9.00 Å². The first-order valence-corrected chi connectivity index (χ1v) is 11.9. The number of aromatic nitrogens is 3. The number of hydrogen-bond acceptors (Lipinski definition) is 5. The summed E-state index contributed by atoms with van der Waals surface area (Å²) < 4.78 is 12.8. The highest BCUT2D eigenvalue weighted by atomic mass is 35.5. The van der Waals surface area contributed by atoms with Crippen LogP contribution in [-0.2, 0) is 23.8 Å². The molecule has 0 bridgehead atoms. The van der Waals surface area contributed by atoms with Crippen molar-refractivity contribution in [2.75, 3.05) is 10.7 Å². The van der Waals surface area contributed by atoms with Gasteiger partial charge in [-0.05, 0) is 54.8 Å². The van der Waals surface area contributed by atoms with E-state index in [1.807, 2.05) is 49.4 Å². The molecule has 0 fully saturated rings. The molecule has 0 N–H and O–H groups in total. The summed E-state index contributed by atoms with van der Waals surface area (Å²) in [7, 11) is -1.14.